The summed E-state index contributed by atoms with van der Waals surface area (Å²) in [7, 11) is 0. The maximum Gasteiger partial charge on any atom is 0.307 e. The second-order valence-electron chi connectivity index (χ2n) is 5.77. The van der Waals surface area contributed by atoms with E-state index in [1.807, 2.05) is 24.3 Å². The highest BCUT2D eigenvalue weighted by Crippen LogP contribution is 2.31. The zero-order valence-corrected chi connectivity index (χ0v) is 12.5. The third kappa shape index (κ3) is 4.06. The Labute approximate surface area is 125 Å². The van der Waals surface area contributed by atoms with Crippen molar-refractivity contribution in [1.29, 1.82) is 0 Å². The summed E-state index contributed by atoms with van der Waals surface area (Å²) < 4.78 is 0. The normalized spacial score (nSPS) is 21.8. The van der Waals surface area contributed by atoms with Crippen LogP contribution in [0, 0.1) is 11.8 Å². The summed E-state index contributed by atoms with van der Waals surface area (Å²) in [5, 5.41) is 12.1. The van der Waals surface area contributed by atoms with Gasteiger partial charge in [-0.15, -0.1) is 0 Å². The molecule has 1 amide bonds. The molecule has 4 heteroatoms. The number of carbonyl (C=O) groups is 2. The van der Waals surface area contributed by atoms with Crippen molar-refractivity contribution < 1.29 is 14.7 Å². The molecule has 4 nitrogen and oxygen atoms in total. The van der Waals surface area contributed by atoms with Gasteiger partial charge in [-0.25, -0.2) is 0 Å². The molecule has 21 heavy (non-hydrogen) atoms. The fourth-order valence-corrected chi connectivity index (χ4v) is 3.02. The minimum absolute atomic E-state index is 0.162. The third-order valence-corrected chi connectivity index (χ3v) is 4.18. The maximum atomic E-state index is 12.3. The lowest BCUT2D eigenvalue weighted by Gasteiger charge is -2.27. The van der Waals surface area contributed by atoms with Gasteiger partial charge in [0, 0.05) is 5.69 Å². The van der Waals surface area contributed by atoms with Crippen molar-refractivity contribution in [3.05, 3.63) is 29.8 Å². The number of carboxylic acid groups (broad SMARTS) is 1. The van der Waals surface area contributed by atoms with E-state index in [1.54, 1.807) is 0 Å². The molecule has 2 atom stereocenters. The lowest BCUT2D eigenvalue weighted by molar-refractivity contribution is -0.147. The second kappa shape index (κ2) is 7.25. The molecule has 0 radical (unpaired) electrons. The van der Waals surface area contributed by atoms with Crippen molar-refractivity contribution in [3.63, 3.8) is 0 Å². The Hall–Kier alpha value is -1.84. The van der Waals surface area contributed by atoms with Crippen molar-refractivity contribution in [2.24, 2.45) is 11.8 Å². The Morgan fingerprint density at radius 3 is 2.33 bits per heavy atom. The van der Waals surface area contributed by atoms with Crippen molar-refractivity contribution >= 4 is 17.6 Å². The molecule has 0 spiro atoms. The van der Waals surface area contributed by atoms with E-state index < -0.39 is 17.8 Å². The summed E-state index contributed by atoms with van der Waals surface area (Å²) in [6.07, 6.45) is 5.20. The largest absolute Gasteiger partial charge is 0.481 e. The van der Waals surface area contributed by atoms with E-state index in [0.717, 1.165) is 31.4 Å². The van der Waals surface area contributed by atoms with Crippen LogP contribution in [0.4, 0.5) is 5.69 Å². The molecular weight excluding hydrogens is 266 g/mol. The van der Waals surface area contributed by atoms with E-state index in [2.05, 4.69) is 12.2 Å². The van der Waals surface area contributed by atoms with E-state index in [0.29, 0.717) is 12.8 Å². The smallest absolute Gasteiger partial charge is 0.307 e. The highest BCUT2D eigenvalue weighted by atomic mass is 16.4. The first-order chi connectivity index (χ1) is 10.1. The summed E-state index contributed by atoms with van der Waals surface area (Å²) in [5.41, 5.74) is 1.99. The van der Waals surface area contributed by atoms with Crippen LogP contribution in [0.25, 0.3) is 0 Å². The molecule has 0 unspecified atom stereocenters. The number of hydrogen-bond donors (Lipinski definition) is 2. The Kier molecular flexibility index (Phi) is 5.37. The van der Waals surface area contributed by atoms with E-state index >= 15 is 0 Å². The predicted molar refractivity (Wildman–Crippen MR) is 82.2 cm³/mol. The first-order valence-electron chi connectivity index (χ1n) is 7.74. The Morgan fingerprint density at radius 2 is 1.76 bits per heavy atom. The van der Waals surface area contributed by atoms with Gasteiger partial charge in [-0.1, -0.05) is 38.3 Å². The minimum Gasteiger partial charge on any atom is -0.481 e. The number of aliphatic carboxylic acids is 1. The molecule has 0 aromatic heterocycles. The molecule has 2 rings (SSSR count). The maximum absolute atomic E-state index is 12.3. The fourth-order valence-electron chi connectivity index (χ4n) is 3.02. The van der Waals surface area contributed by atoms with Crippen molar-refractivity contribution in [1.82, 2.24) is 0 Å². The molecule has 1 aliphatic rings. The number of carboxylic acids is 1. The van der Waals surface area contributed by atoms with E-state index in [9.17, 15) is 14.7 Å². The average Bonchev–Trinajstić information content (AvgIpc) is 2.49. The van der Waals surface area contributed by atoms with Crippen LogP contribution in [0.1, 0.15) is 44.6 Å². The van der Waals surface area contributed by atoms with Gasteiger partial charge in [0.05, 0.1) is 11.8 Å². The fraction of sp³-hybridized carbons (Fsp3) is 0.529. The molecule has 1 fully saturated rings. The van der Waals surface area contributed by atoms with Crippen LogP contribution in [0.2, 0.25) is 0 Å². The van der Waals surface area contributed by atoms with Gasteiger partial charge in [0.25, 0.3) is 0 Å². The summed E-state index contributed by atoms with van der Waals surface area (Å²) >= 11 is 0. The topological polar surface area (TPSA) is 66.4 Å². The number of nitrogens with one attached hydrogen (secondary N) is 1. The summed E-state index contributed by atoms with van der Waals surface area (Å²) in [6, 6.07) is 7.80. The number of carbonyl (C=O) groups excluding carboxylic acids is 1. The van der Waals surface area contributed by atoms with Crippen LogP contribution in [-0.2, 0) is 16.0 Å². The minimum atomic E-state index is -0.854. The predicted octanol–water partition coefficient (Wildman–Crippen LogP) is 3.47. The number of rotatable bonds is 5. The zero-order chi connectivity index (χ0) is 15.2. The summed E-state index contributed by atoms with van der Waals surface area (Å²) in [4.78, 5) is 23.6. The van der Waals surface area contributed by atoms with E-state index in [4.69, 9.17) is 0 Å². The Bertz CT molecular complexity index is 495. The first kappa shape index (κ1) is 15.5. The summed E-state index contributed by atoms with van der Waals surface area (Å²) in [6.45, 7) is 2.13. The van der Waals surface area contributed by atoms with E-state index in [1.165, 1.54) is 5.56 Å². The van der Waals surface area contributed by atoms with Crippen molar-refractivity contribution in [2.75, 3.05) is 5.32 Å². The van der Waals surface area contributed by atoms with Crippen LogP contribution in [0.5, 0.6) is 0 Å². The molecule has 2 N–H and O–H groups in total. The highest BCUT2D eigenvalue weighted by molar-refractivity contribution is 5.95. The lowest BCUT2D eigenvalue weighted by atomic mass is 9.78. The summed E-state index contributed by atoms with van der Waals surface area (Å²) in [5.74, 6) is -1.97. The Balaban J connectivity index is 2.00. The average molecular weight is 289 g/mol. The molecule has 1 aromatic rings. The Morgan fingerprint density at radius 1 is 1.14 bits per heavy atom. The zero-order valence-electron chi connectivity index (χ0n) is 12.5. The standard InChI is InChI=1S/C17H23NO3/c1-2-5-12-8-10-13(11-9-12)18-16(19)14-6-3-4-7-15(14)17(20)21/h8-11,14-15H,2-7H2,1H3,(H,18,19)(H,20,21)/t14-,15-/m0/s1. The van der Waals surface area contributed by atoms with Crippen LogP contribution in [-0.4, -0.2) is 17.0 Å². The lowest BCUT2D eigenvalue weighted by Crippen LogP contribution is -2.36. The molecule has 1 saturated carbocycles. The number of amides is 1. The van der Waals surface area contributed by atoms with Crippen molar-refractivity contribution in [3.8, 4) is 0 Å². The SMILES string of the molecule is CCCc1ccc(NC(=O)[C@H]2CCCC[C@@H]2C(=O)O)cc1. The van der Waals surface area contributed by atoms with Gasteiger partial charge >= 0.3 is 5.97 Å². The molecule has 0 heterocycles. The van der Waals surface area contributed by atoms with Gasteiger partial charge in [0.2, 0.25) is 5.91 Å². The number of anilines is 1. The third-order valence-electron chi connectivity index (χ3n) is 4.18. The molecule has 114 valence electrons. The van der Waals surface area contributed by atoms with Crippen molar-refractivity contribution in [2.45, 2.75) is 45.4 Å². The van der Waals surface area contributed by atoms with Gasteiger partial charge in [-0.3, -0.25) is 9.59 Å². The molecule has 1 aliphatic carbocycles. The van der Waals surface area contributed by atoms with Gasteiger partial charge in [-0.05, 0) is 37.0 Å². The van der Waals surface area contributed by atoms with Gasteiger partial charge in [0.1, 0.15) is 0 Å². The number of aryl methyl sites for hydroxylation is 1. The van der Waals surface area contributed by atoms with Gasteiger partial charge < -0.3 is 10.4 Å². The molecule has 1 aromatic carbocycles. The first-order valence-corrected chi connectivity index (χ1v) is 7.74. The quantitative estimate of drug-likeness (QED) is 0.872. The number of benzene rings is 1. The molecule has 0 saturated heterocycles. The van der Waals surface area contributed by atoms with Gasteiger partial charge in [-0.2, -0.15) is 0 Å². The molecule has 0 bridgehead atoms. The monoisotopic (exact) mass is 289 g/mol. The van der Waals surface area contributed by atoms with Crippen LogP contribution < -0.4 is 5.32 Å². The van der Waals surface area contributed by atoms with Crippen LogP contribution in [0.3, 0.4) is 0 Å². The molecular formula is C17H23NO3. The van der Waals surface area contributed by atoms with Crippen LogP contribution in [0.15, 0.2) is 24.3 Å². The highest BCUT2D eigenvalue weighted by Gasteiger charge is 2.35. The second-order valence-corrected chi connectivity index (χ2v) is 5.77. The number of hydrogen-bond acceptors (Lipinski definition) is 2. The van der Waals surface area contributed by atoms with E-state index in [-0.39, 0.29) is 5.91 Å². The molecule has 0 aliphatic heterocycles. The van der Waals surface area contributed by atoms with Gasteiger partial charge in [0.15, 0.2) is 0 Å². The van der Waals surface area contributed by atoms with Crippen LogP contribution >= 0.6 is 0 Å².